The molecule has 0 amide bonds. The number of nitro groups is 1. The van der Waals surface area contributed by atoms with Crippen molar-refractivity contribution >= 4 is 22.9 Å². The maximum absolute atomic E-state index is 12.0. The second-order valence-electron chi connectivity index (χ2n) is 8.71. The number of nitrogens with zero attached hydrogens (tertiary/aromatic N) is 5. The molecule has 2 saturated heterocycles. The average molecular weight is 458 g/mol. The summed E-state index contributed by atoms with van der Waals surface area (Å²) in [4.78, 5) is 25.5. The molecule has 0 aliphatic carbocycles. The largest absolute Gasteiger partial charge is 0.378 e. The minimum Gasteiger partial charge on any atom is -0.378 e. The summed E-state index contributed by atoms with van der Waals surface area (Å²) in [6.45, 7) is 5.98. The van der Waals surface area contributed by atoms with Gasteiger partial charge in [0.05, 0.1) is 41.8 Å². The van der Waals surface area contributed by atoms with E-state index in [2.05, 4.69) is 16.8 Å². The van der Waals surface area contributed by atoms with Crippen LogP contribution in [0.4, 0.5) is 17.2 Å². The molecule has 0 unspecified atom stereocenters. The van der Waals surface area contributed by atoms with Crippen molar-refractivity contribution in [2.24, 2.45) is 4.99 Å². The Labute approximate surface area is 198 Å². The van der Waals surface area contributed by atoms with E-state index in [9.17, 15) is 10.1 Å². The Morgan fingerprint density at radius 1 is 1.06 bits per heavy atom. The first-order chi connectivity index (χ1) is 16.6. The molecule has 174 valence electrons. The molecule has 2 aliphatic heterocycles. The number of aromatic nitrogens is 1. The third kappa shape index (κ3) is 4.55. The van der Waals surface area contributed by atoms with E-state index in [1.54, 1.807) is 6.20 Å². The highest BCUT2D eigenvalue weighted by Gasteiger charge is 2.35. The standard InChI is InChI=1S/C26H27N5O3/c1-19-16-29(23-17-34-18-23)12-13-30(19)26-24(31(32)33)14-22(15-27-26)28-25(20-8-4-2-5-9-20)21-10-6-3-7-11-21/h2-11,14-15,19,23H,12-13,16-18H2,1H3/t19-/m0/s1. The van der Waals surface area contributed by atoms with E-state index in [4.69, 9.17) is 9.73 Å². The minimum atomic E-state index is -0.356. The molecular weight excluding hydrogens is 430 g/mol. The van der Waals surface area contributed by atoms with Gasteiger partial charge in [-0.3, -0.25) is 15.0 Å². The predicted molar refractivity (Wildman–Crippen MR) is 132 cm³/mol. The Morgan fingerprint density at radius 3 is 2.24 bits per heavy atom. The molecule has 1 atom stereocenters. The third-order valence-electron chi connectivity index (χ3n) is 6.43. The number of ether oxygens (including phenoxy) is 1. The Morgan fingerprint density at radius 2 is 1.71 bits per heavy atom. The summed E-state index contributed by atoms with van der Waals surface area (Å²) < 4.78 is 5.32. The van der Waals surface area contributed by atoms with E-state index < -0.39 is 0 Å². The van der Waals surface area contributed by atoms with Crippen LogP contribution in [0.1, 0.15) is 18.1 Å². The second kappa shape index (κ2) is 9.70. The van der Waals surface area contributed by atoms with Gasteiger partial charge < -0.3 is 9.64 Å². The van der Waals surface area contributed by atoms with Crippen molar-refractivity contribution in [2.45, 2.75) is 19.0 Å². The average Bonchev–Trinajstić information content (AvgIpc) is 2.83. The summed E-state index contributed by atoms with van der Waals surface area (Å²) in [6.07, 6.45) is 1.63. The van der Waals surface area contributed by atoms with Crippen LogP contribution < -0.4 is 4.90 Å². The lowest BCUT2D eigenvalue weighted by molar-refractivity contribution is -0.384. The molecule has 0 spiro atoms. The van der Waals surface area contributed by atoms with Crippen molar-refractivity contribution in [3.63, 3.8) is 0 Å². The first-order valence-corrected chi connectivity index (χ1v) is 11.5. The van der Waals surface area contributed by atoms with Gasteiger partial charge >= 0.3 is 5.69 Å². The van der Waals surface area contributed by atoms with Crippen molar-refractivity contribution in [1.29, 1.82) is 0 Å². The van der Waals surface area contributed by atoms with Crippen molar-refractivity contribution in [1.82, 2.24) is 9.88 Å². The van der Waals surface area contributed by atoms with Gasteiger partial charge in [0.2, 0.25) is 5.82 Å². The van der Waals surface area contributed by atoms with Crippen molar-refractivity contribution < 1.29 is 9.66 Å². The Balaban J connectivity index is 1.48. The highest BCUT2D eigenvalue weighted by Crippen LogP contribution is 2.33. The van der Waals surface area contributed by atoms with Crippen molar-refractivity contribution in [2.75, 3.05) is 37.7 Å². The molecule has 0 N–H and O–H groups in total. The maximum atomic E-state index is 12.0. The minimum absolute atomic E-state index is 0.0194. The van der Waals surface area contributed by atoms with E-state index in [0.717, 1.165) is 43.1 Å². The molecule has 2 fully saturated rings. The molecule has 0 bridgehead atoms. The summed E-state index contributed by atoms with van der Waals surface area (Å²) in [5.41, 5.74) is 3.05. The van der Waals surface area contributed by atoms with Gasteiger partial charge in [-0.15, -0.1) is 0 Å². The van der Waals surface area contributed by atoms with Gasteiger partial charge in [-0.05, 0) is 6.92 Å². The number of anilines is 1. The fourth-order valence-electron chi connectivity index (χ4n) is 4.54. The van der Waals surface area contributed by atoms with Crippen LogP contribution in [0.3, 0.4) is 0 Å². The molecule has 5 rings (SSSR count). The number of aliphatic imine (C=N–C) groups is 1. The van der Waals surface area contributed by atoms with Crippen LogP contribution in [-0.4, -0.2) is 65.5 Å². The quantitative estimate of drug-likeness (QED) is 0.315. The molecule has 2 aromatic carbocycles. The van der Waals surface area contributed by atoms with Crippen molar-refractivity contribution in [3.05, 3.63) is 94.2 Å². The highest BCUT2D eigenvalue weighted by atomic mass is 16.6. The molecule has 8 heteroatoms. The zero-order chi connectivity index (χ0) is 23.5. The van der Waals surface area contributed by atoms with E-state index in [1.807, 2.05) is 65.6 Å². The highest BCUT2D eigenvalue weighted by molar-refractivity contribution is 6.13. The summed E-state index contributed by atoms with van der Waals surface area (Å²) in [5, 5.41) is 12.0. The number of benzene rings is 2. The summed E-state index contributed by atoms with van der Waals surface area (Å²) >= 11 is 0. The zero-order valence-corrected chi connectivity index (χ0v) is 19.1. The number of pyridine rings is 1. The van der Waals surface area contributed by atoms with E-state index in [1.165, 1.54) is 6.07 Å². The van der Waals surface area contributed by atoms with Gasteiger partial charge in [0.1, 0.15) is 0 Å². The fourth-order valence-corrected chi connectivity index (χ4v) is 4.54. The van der Waals surface area contributed by atoms with Crippen LogP contribution in [0.2, 0.25) is 0 Å². The molecule has 0 saturated carbocycles. The van der Waals surface area contributed by atoms with Crippen LogP contribution in [0.15, 0.2) is 77.9 Å². The number of piperazine rings is 1. The summed E-state index contributed by atoms with van der Waals surface area (Å²) in [6, 6.07) is 21.7. The van der Waals surface area contributed by atoms with Gasteiger partial charge in [-0.25, -0.2) is 9.98 Å². The second-order valence-corrected chi connectivity index (χ2v) is 8.71. The lowest BCUT2D eigenvalue weighted by Gasteiger charge is -2.45. The van der Waals surface area contributed by atoms with E-state index in [-0.39, 0.29) is 16.7 Å². The third-order valence-corrected chi connectivity index (χ3v) is 6.43. The Hall–Kier alpha value is -3.62. The Kier molecular flexibility index (Phi) is 6.33. The molecule has 2 aliphatic rings. The number of hydrogen-bond donors (Lipinski definition) is 0. The first kappa shape index (κ1) is 22.2. The number of rotatable bonds is 6. The SMILES string of the molecule is C[C@H]1CN(C2COC2)CCN1c1ncc(N=C(c2ccccc2)c2ccccc2)cc1[N+](=O)[O-]. The normalized spacial score (nSPS) is 18.9. The summed E-state index contributed by atoms with van der Waals surface area (Å²) in [7, 11) is 0. The van der Waals surface area contributed by atoms with Crippen LogP contribution >= 0.6 is 0 Å². The van der Waals surface area contributed by atoms with Crippen molar-refractivity contribution in [3.8, 4) is 0 Å². The molecule has 0 radical (unpaired) electrons. The molecule has 8 nitrogen and oxygen atoms in total. The summed E-state index contributed by atoms with van der Waals surface area (Å²) in [5.74, 6) is 0.405. The maximum Gasteiger partial charge on any atom is 0.313 e. The topological polar surface area (TPSA) is 84.1 Å². The lowest BCUT2D eigenvalue weighted by atomic mass is 10.0. The van der Waals surface area contributed by atoms with Crippen LogP contribution in [0, 0.1) is 10.1 Å². The van der Waals surface area contributed by atoms with Crippen LogP contribution in [-0.2, 0) is 4.74 Å². The van der Waals surface area contributed by atoms with Gasteiger partial charge in [0, 0.05) is 42.9 Å². The van der Waals surface area contributed by atoms with E-state index in [0.29, 0.717) is 24.1 Å². The molecule has 34 heavy (non-hydrogen) atoms. The lowest BCUT2D eigenvalue weighted by Crippen LogP contribution is -2.59. The molecular formula is C26H27N5O3. The van der Waals surface area contributed by atoms with Gasteiger partial charge in [0.25, 0.3) is 0 Å². The zero-order valence-electron chi connectivity index (χ0n) is 19.1. The fraction of sp³-hybridized carbons (Fsp3) is 0.308. The molecule has 3 aromatic rings. The monoisotopic (exact) mass is 457 g/mol. The van der Waals surface area contributed by atoms with Crippen LogP contribution in [0.5, 0.6) is 0 Å². The van der Waals surface area contributed by atoms with E-state index >= 15 is 0 Å². The van der Waals surface area contributed by atoms with Gasteiger partial charge in [-0.1, -0.05) is 60.7 Å². The number of hydrogen-bond acceptors (Lipinski definition) is 7. The predicted octanol–water partition coefficient (Wildman–Crippen LogP) is 4.07. The van der Waals surface area contributed by atoms with Crippen LogP contribution in [0.25, 0.3) is 0 Å². The molecule has 1 aromatic heterocycles. The Bertz CT molecular complexity index is 1140. The first-order valence-electron chi connectivity index (χ1n) is 11.5. The van der Waals surface area contributed by atoms with Gasteiger partial charge in [-0.2, -0.15) is 0 Å². The smallest absolute Gasteiger partial charge is 0.313 e. The van der Waals surface area contributed by atoms with Gasteiger partial charge in [0.15, 0.2) is 0 Å². The molecule has 3 heterocycles.